The maximum Gasteiger partial charge on any atom is 0.417 e. The second-order valence-electron chi connectivity index (χ2n) is 7.70. The molecule has 0 N–H and O–H groups in total. The molecule has 3 aromatic rings. The summed E-state index contributed by atoms with van der Waals surface area (Å²) < 4.78 is 40.9. The average Bonchev–Trinajstić information content (AvgIpc) is 3.21. The summed E-state index contributed by atoms with van der Waals surface area (Å²) in [5, 5.41) is 3.96. The molecule has 168 valence electrons. The van der Waals surface area contributed by atoms with Gasteiger partial charge in [-0.25, -0.2) is 4.98 Å². The van der Waals surface area contributed by atoms with E-state index in [1.54, 1.807) is 23.1 Å². The number of pyridine rings is 1. The van der Waals surface area contributed by atoms with E-state index in [9.17, 15) is 18.0 Å². The van der Waals surface area contributed by atoms with Gasteiger partial charge < -0.3 is 9.80 Å². The van der Waals surface area contributed by atoms with Gasteiger partial charge in [0.15, 0.2) is 0 Å². The van der Waals surface area contributed by atoms with Crippen molar-refractivity contribution in [2.24, 2.45) is 0 Å². The van der Waals surface area contributed by atoms with Crippen LogP contribution in [0.3, 0.4) is 0 Å². The predicted molar refractivity (Wildman–Crippen MR) is 117 cm³/mol. The fourth-order valence-electron chi connectivity index (χ4n) is 3.75. The Balaban J connectivity index is 1.75. The number of benzene rings is 1. The van der Waals surface area contributed by atoms with Gasteiger partial charge in [0.1, 0.15) is 11.5 Å². The minimum Gasteiger partial charge on any atom is -0.360 e. The molecule has 1 amide bonds. The Bertz CT molecular complexity index is 1180. The second kappa shape index (κ2) is 8.12. The lowest BCUT2D eigenvalue weighted by atomic mass is 10.0. The van der Waals surface area contributed by atoms with Crippen LogP contribution in [0.25, 0.3) is 11.1 Å². The van der Waals surface area contributed by atoms with Gasteiger partial charge in [-0.15, -0.1) is 0 Å². The summed E-state index contributed by atoms with van der Waals surface area (Å²) in [6.45, 7) is 4.93. The van der Waals surface area contributed by atoms with Crippen molar-refractivity contribution in [3.8, 4) is 11.1 Å². The number of hydrogen-bond donors (Lipinski definition) is 0. The van der Waals surface area contributed by atoms with Gasteiger partial charge in [-0.1, -0.05) is 11.6 Å². The largest absolute Gasteiger partial charge is 0.417 e. The first-order chi connectivity index (χ1) is 15.1. The Morgan fingerprint density at radius 3 is 2.66 bits per heavy atom. The zero-order valence-electron chi connectivity index (χ0n) is 17.7. The second-order valence-corrected chi connectivity index (χ2v) is 8.10. The molecule has 32 heavy (non-hydrogen) atoms. The van der Waals surface area contributed by atoms with Crippen molar-refractivity contribution in [1.29, 1.82) is 0 Å². The molecule has 0 fully saturated rings. The van der Waals surface area contributed by atoms with E-state index in [2.05, 4.69) is 10.1 Å². The van der Waals surface area contributed by atoms with Gasteiger partial charge in [0.2, 0.25) is 0 Å². The van der Waals surface area contributed by atoms with E-state index < -0.39 is 16.8 Å². The summed E-state index contributed by atoms with van der Waals surface area (Å²) in [7, 11) is 1.92. The van der Waals surface area contributed by atoms with Gasteiger partial charge in [-0.2, -0.15) is 18.3 Å². The van der Waals surface area contributed by atoms with Crippen molar-refractivity contribution in [2.45, 2.75) is 26.1 Å². The van der Waals surface area contributed by atoms with E-state index in [0.29, 0.717) is 16.9 Å². The minimum atomic E-state index is -4.56. The quantitative estimate of drug-likeness (QED) is 0.527. The van der Waals surface area contributed by atoms with Crippen LogP contribution in [0.15, 0.2) is 42.7 Å². The van der Waals surface area contributed by atoms with Crippen LogP contribution in [0, 0.1) is 0 Å². The number of rotatable bonds is 4. The summed E-state index contributed by atoms with van der Waals surface area (Å²) in [4.78, 5) is 21.2. The molecule has 10 heteroatoms. The number of alkyl halides is 3. The van der Waals surface area contributed by atoms with Crippen LogP contribution >= 0.6 is 11.6 Å². The van der Waals surface area contributed by atoms with Crippen LogP contribution in [-0.4, -0.2) is 40.8 Å². The Labute approximate surface area is 188 Å². The molecule has 1 atom stereocenters. The molecule has 0 spiro atoms. The van der Waals surface area contributed by atoms with E-state index in [0.717, 1.165) is 24.0 Å². The third kappa shape index (κ3) is 3.81. The zero-order chi connectivity index (χ0) is 23.2. The molecule has 0 bridgehead atoms. The summed E-state index contributed by atoms with van der Waals surface area (Å²) in [6, 6.07) is 6.85. The monoisotopic (exact) mass is 463 g/mol. The normalized spacial score (nSPS) is 16.3. The van der Waals surface area contributed by atoms with E-state index in [-0.39, 0.29) is 18.5 Å². The molecule has 1 aliphatic rings. The van der Waals surface area contributed by atoms with Crippen LogP contribution in [0.4, 0.5) is 24.7 Å². The van der Waals surface area contributed by atoms with Gasteiger partial charge in [0.25, 0.3) is 5.91 Å². The number of halogens is 4. The number of fused-ring (bicyclic) bond motifs is 1. The number of amides is 1. The van der Waals surface area contributed by atoms with Crippen LogP contribution in [-0.2, 0) is 6.18 Å². The lowest BCUT2D eigenvalue weighted by molar-refractivity contribution is -0.137. The van der Waals surface area contributed by atoms with Crippen LogP contribution in [0.1, 0.15) is 35.9 Å². The highest BCUT2D eigenvalue weighted by molar-refractivity contribution is 6.31. The molecular formula is C22H21ClF3N5O. The highest BCUT2D eigenvalue weighted by atomic mass is 35.5. The van der Waals surface area contributed by atoms with Crippen LogP contribution in [0.5, 0.6) is 0 Å². The molecule has 0 saturated carbocycles. The van der Waals surface area contributed by atoms with Gasteiger partial charge in [-0.3, -0.25) is 9.48 Å². The summed E-state index contributed by atoms with van der Waals surface area (Å²) in [5.74, 6) is 0.404. The standard InChI is InChI=1S/C22H21ClF3N5O/c1-4-29(3)19-9-14(7-8-27-19)16-11-28-31-13(2)12-30(21(32)20(16)31)15-5-6-17(18(23)10-15)22(24,25)26/h5-11,13H,4,12H2,1-3H3/t13-/m0/s1. The van der Waals surface area contributed by atoms with Crippen molar-refractivity contribution < 1.29 is 18.0 Å². The van der Waals surface area contributed by atoms with Crippen LogP contribution in [0.2, 0.25) is 5.02 Å². The molecule has 0 unspecified atom stereocenters. The van der Waals surface area contributed by atoms with Crippen molar-refractivity contribution in [3.63, 3.8) is 0 Å². The van der Waals surface area contributed by atoms with Gasteiger partial charge >= 0.3 is 6.18 Å². The van der Waals surface area contributed by atoms with E-state index >= 15 is 0 Å². The fraction of sp³-hybridized carbons (Fsp3) is 0.318. The van der Waals surface area contributed by atoms with Crippen molar-refractivity contribution in [3.05, 3.63) is 59.0 Å². The van der Waals surface area contributed by atoms with E-state index in [1.807, 2.05) is 31.9 Å². The predicted octanol–water partition coefficient (Wildman–Crippen LogP) is 5.29. The number of hydrogen-bond acceptors (Lipinski definition) is 4. The Morgan fingerprint density at radius 2 is 2.00 bits per heavy atom. The molecule has 0 aliphatic carbocycles. The Kier molecular flexibility index (Phi) is 5.62. The van der Waals surface area contributed by atoms with Crippen LogP contribution < -0.4 is 9.80 Å². The number of carbonyl (C=O) groups is 1. The van der Waals surface area contributed by atoms with E-state index in [4.69, 9.17) is 11.6 Å². The molecule has 6 nitrogen and oxygen atoms in total. The Hall–Kier alpha value is -3.07. The molecule has 1 aromatic carbocycles. The van der Waals surface area contributed by atoms with Gasteiger partial charge in [0, 0.05) is 37.6 Å². The summed E-state index contributed by atoms with van der Waals surface area (Å²) in [6.07, 6.45) is -1.26. The Morgan fingerprint density at radius 1 is 1.25 bits per heavy atom. The zero-order valence-corrected chi connectivity index (χ0v) is 18.4. The smallest absolute Gasteiger partial charge is 0.360 e. The number of aromatic nitrogens is 3. The molecular weight excluding hydrogens is 443 g/mol. The fourth-order valence-corrected chi connectivity index (χ4v) is 4.04. The van der Waals surface area contributed by atoms with Crippen molar-refractivity contribution in [2.75, 3.05) is 29.9 Å². The SMILES string of the molecule is CCN(C)c1cc(-c2cnn3c2C(=O)N(c2ccc(C(F)(F)F)c(Cl)c2)C[C@@H]3C)ccn1. The molecule has 0 radical (unpaired) electrons. The number of anilines is 2. The van der Waals surface area contributed by atoms with Gasteiger partial charge in [0.05, 0.1) is 22.8 Å². The third-order valence-electron chi connectivity index (χ3n) is 5.60. The first kappa shape index (κ1) is 22.1. The summed E-state index contributed by atoms with van der Waals surface area (Å²) >= 11 is 5.90. The molecule has 4 rings (SSSR count). The van der Waals surface area contributed by atoms with Crippen molar-refractivity contribution in [1.82, 2.24) is 14.8 Å². The molecule has 2 aromatic heterocycles. The minimum absolute atomic E-state index is 0.183. The maximum atomic E-state index is 13.5. The number of nitrogens with zero attached hydrogens (tertiary/aromatic N) is 5. The summed E-state index contributed by atoms with van der Waals surface area (Å²) in [5.41, 5.74) is 1.16. The van der Waals surface area contributed by atoms with Crippen molar-refractivity contribution >= 4 is 29.0 Å². The lowest BCUT2D eigenvalue weighted by Gasteiger charge is -2.32. The van der Waals surface area contributed by atoms with Gasteiger partial charge in [-0.05, 0) is 49.7 Å². The molecule has 1 aliphatic heterocycles. The topological polar surface area (TPSA) is 54.3 Å². The van der Waals surface area contributed by atoms with E-state index in [1.165, 1.54) is 17.0 Å². The average molecular weight is 464 g/mol. The number of carbonyl (C=O) groups excluding carboxylic acids is 1. The lowest BCUT2D eigenvalue weighted by Crippen LogP contribution is -2.42. The maximum absolute atomic E-state index is 13.5. The third-order valence-corrected chi connectivity index (χ3v) is 5.91. The first-order valence-electron chi connectivity index (χ1n) is 10.1. The highest BCUT2D eigenvalue weighted by Gasteiger charge is 2.36. The molecule has 0 saturated heterocycles. The molecule has 3 heterocycles. The highest BCUT2D eigenvalue weighted by Crippen LogP contribution is 2.38. The first-order valence-corrected chi connectivity index (χ1v) is 10.4.